The smallest absolute Gasteiger partial charge is 0.0575 e. The first-order chi connectivity index (χ1) is 8.31. The first kappa shape index (κ1) is 12.2. The van der Waals surface area contributed by atoms with Crippen molar-refractivity contribution >= 4 is 11.4 Å². The van der Waals surface area contributed by atoms with Crippen LogP contribution in [0, 0.1) is 0 Å². The minimum absolute atomic E-state index is 0.645. The van der Waals surface area contributed by atoms with Gasteiger partial charge in [-0.15, -0.1) is 0 Å². The van der Waals surface area contributed by atoms with Crippen molar-refractivity contribution in [3.63, 3.8) is 0 Å². The molecule has 1 saturated heterocycles. The van der Waals surface area contributed by atoms with Gasteiger partial charge in [0.25, 0.3) is 0 Å². The molecule has 1 fully saturated rings. The van der Waals surface area contributed by atoms with Crippen LogP contribution < -0.4 is 10.2 Å². The van der Waals surface area contributed by atoms with Gasteiger partial charge in [-0.05, 0) is 38.7 Å². The zero-order valence-electron chi connectivity index (χ0n) is 10.9. The van der Waals surface area contributed by atoms with Gasteiger partial charge in [0.1, 0.15) is 0 Å². The Labute approximate surface area is 104 Å². The second kappa shape index (κ2) is 5.89. The van der Waals surface area contributed by atoms with Gasteiger partial charge in [-0.25, -0.2) is 0 Å². The van der Waals surface area contributed by atoms with Gasteiger partial charge in [-0.1, -0.05) is 6.92 Å². The van der Waals surface area contributed by atoms with Gasteiger partial charge in [0.15, 0.2) is 0 Å². The van der Waals surface area contributed by atoms with Crippen LogP contribution in [0.1, 0.15) is 39.5 Å². The van der Waals surface area contributed by atoms with Gasteiger partial charge in [-0.3, -0.25) is 4.98 Å². The fourth-order valence-electron chi connectivity index (χ4n) is 2.43. The Morgan fingerprint density at radius 3 is 3.06 bits per heavy atom. The number of pyridine rings is 1. The predicted molar refractivity (Wildman–Crippen MR) is 73.7 cm³/mol. The molecule has 0 aromatic carbocycles. The lowest BCUT2D eigenvalue weighted by Crippen LogP contribution is -2.37. The molecule has 0 saturated carbocycles. The molecule has 1 aromatic heterocycles. The molecule has 1 unspecified atom stereocenters. The number of hydrogen-bond donors (Lipinski definition) is 1. The highest BCUT2D eigenvalue weighted by Crippen LogP contribution is 2.25. The summed E-state index contributed by atoms with van der Waals surface area (Å²) in [5.74, 6) is 0. The molecule has 0 radical (unpaired) electrons. The third kappa shape index (κ3) is 3.11. The van der Waals surface area contributed by atoms with E-state index in [0.717, 1.165) is 18.7 Å². The van der Waals surface area contributed by atoms with E-state index >= 15 is 0 Å². The molecule has 94 valence electrons. The standard InChI is InChI=1S/C14H23N3/c1-3-7-16-13-9-14(11-15-10-13)17-8-5-4-6-12(17)2/h9-12,16H,3-8H2,1-2H3. The van der Waals surface area contributed by atoms with Crippen LogP contribution in [0.5, 0.6) is 0 Å². The number of nitrogens with zero attached hydrogens (tertiary/aromatic N) is 2. The molecule has 3 heteroatoms. The Balaban J connectivity index is 2.08. The summed E-state index contributed by atoms with van der Waals surface area (Å²) in [5.41, 5.74) is 2.40. The maximum atomic E-state index is 4.34. The van der Waals surface area contributed by atoms with Crippen molar-refractivity contribution in [3.05, 3.63) is 18.5 Å². The lowest BCUT2D eigenvalue weighted by molar-refractivity contribution is 0.484. The summed E-state index contributed by atoms with van der Waals surface area (Å²) in [7, 11) is 0. The molecule has 1 aromatic rings. The van der Waals surface area contributed by atoms with Crippen molar-refractivity contribution in [2.45, 2.75) is 45.6 Å². The second-order valence-corrected chi connectivity index (χ2v) is 4.90. The van der Waals surface area contributed by atoms with Crippen LogP contribution in [0.3, 0.4) is 0 Å². The third-order valence-corrected chi connectivity index (χ3v) is 3.44. The maximum absolute atomic E-state index is 4.34. The Morgan fingerprint density at radius 1 is 1.41 bits per heavy atom. The van der Waals surface area contributed by atoms with Crippen molar-refractivity contribution in [1.29, 1.82) is 0 Å². The fourth-order valence-corrected chi connectivity index (χ4v) is 2.43. The van der Waals surface area contributed by atoms with Gasteiger partial charge in [0.2, 0.25) is 0 Å². The second-order valence-electron chi connectivity index (χ2n) is 4.90. The summed E-state index contributed by atoms with van der Waals surface area (Å²) in [6, 6.07) is 2.87. The molecule has 0 amide bonds. The summed E-state index contributed by atoms with van der Waals surface area (Å²) in [4.78, 5) is 6.82. The molecule has 17 heavy (non-hydrogen) atoms. The largest absolute Gasteiger partial charge is 0.384 e. The number of aromatic nitrogens is 1. The number of piperidine rings is 1. The highest BCUT2D eigenvalue weighted by Gasteiger charge is 2.18. The first-order valence-corrected chi connectivity index (χ1v) is 6.77. The van der Waals surface area contributed by atoms with Crippen LogP contribution in [0.2, 0.25) is 0 Å². The van der Waals surface area contributed by atoms with E-state index in [1.807, 2.05) is 12.4 Å². The molecule has 2 rings (SSSR count). The van der Waals surface area contributed by atoms with E-state index in [4.69, 9.17) is 0 Å². The molecular formula is C14H23N3. The van der Waals surface area contributed by atoms with Crippen molar-refractivity contribution in [1.82, 2.24) is 4.98 Å². The van der Waals surface area contributed by atoms with Crippen molar-refractivity contribution in [2.75, 3.05) is 23.3 Å². The number of rotatable bonds is 4. The molecule has 0 bridgehead atoms. The van der Waals surface area contributed by atoms with E-state index in [9.17, 15) is 0 Å². The van der Waals surface area contributed by atoms with Gasteiger partial charge >= 0.3 is 0 Å². The molecule has 1 N–H and O–H groups in total. The molecular weight excluding hydrogens is 210 g/mol. The van der Waals surface area contributed by atoms with Crippen LogP contribution >= 0.6 is 0 Å². The van der Waals surface area contributed by atoms with Crippen LogP contribution in [-0.2, 0) is 0 Å². The summed E-state index contributed by atoms with van der Waals surface area (Å²) in [6.45, 7) is 6.67. The quantitative estimate of drug-likeness (QED) is 0.865. The average Bonchev–Trinajstić information content (AvgIpc) is 2.37. The van der Waals surface area contributed by atoms with E-state index in [2.05, 4.69) is 35.1 Å². The molecule has 2 heterocycles. The van der Waals surface area contributed by atoms with Gasteiger partial charge in [0.05, 0.1) is 23.8 Å². The van der Waals surface area contributed by atoms with Gasteiger partial charge < -0.3 is 10.2 Å². The van der Waals surface area contributed by atoms with Crippen molar-refractivity contribution in [2.24, 2.45) is 0 Å². The molecule has 1 aliphatic heterocycles. The van der Waals surface area contributed by atoms with Crippen molar-refractivity contribution in [3.8, 4) is 0 Å². The Kier molecular flexibility index (Phi) is 4.24. The predicted octanol–water partition coefficient (Wildman–Crippen LogP) is 3.28. The topological polar surface area (TPSA) is 28.2 Å². The summed E-state index contributed by atoms with van der Waals surface area (Å²) in [5, 5.41) is 3.40. The molecule has 0 aliphatic carbocycles. The molecule has 3 nitrogen and oxygen atoms in total. The minimum atomic E-state index is 0.645. The van der Waals surface area contributed by atoms with Crippen LogP contribution in [0.15, 0.2) is 18.5 Å². The van der Waals surface area contributed by atoms with E-state index in [0.29, 0.717) is 6.04 Å². The third-order valence-electron chi connectivity index (χ3n) is 3.44. The van der Waals surface area contributed by atoms with Gasteiger partial charge in [0, 0.05) is 19.1 Å². The van der Waals surface area contributed by atoms with Crippen LogP contribution in [0.4, 0.5) is 11.4 Å². The monoisotopic (exact) mass is 233 g/mol. The maximum Gasteiger partial charge on any atom is 0.0575 e. The highest BCUT2D eigenvalue weighted by atomic mass is 15.2. The molecule has 1 aliphatic rings. The van der Waals surface area contributed by atoms with Gasteiger partial charge in [-0.2, -0.15) is 0 Å². The SMILES string of the molecule is CCCNc1cncc(N2CCCCC2C)c1. The first-order valence-electron chi connectivity index (χ1n) is 6.77. The lowest BCUT2D eigenvalue weighted by atomic mass is 10.0. The Hall–Kier alpha value is -1.25. The van der Waals surface area contributed by atoms with Crippen molar-refractivity contribution < 1.29 is 0 Å². The average molecular weight is 233 g/mol. The summed E-state index contributed by atoms with van der Waals surface area (Å²) in [6.07, 6.45) is 9.00. The lowest BCUT2D eigenvalue weighted by Gasteiger charge is -2.35. The number of hydrogen-bond acceptors (Lipinski definition) is 3. The zero-order valence-corrected chi connectivity index (χ0v) is 10.9. The minimum Gasteiger partial charge on any atom is -0.384 e. The number of anilines is 2. The summed E-state index contributed by atoms with van der Waals surface area (Å²) >= 11 is 0. The van der Waals surface area contributed by atoms with E-state index in [1.165, 1.54) is 31.5 Å². The van der Waals surface area contributed by atoms with Crippen LogP contribution in [-0.4, -0.2) is 24.1 Å². The van der Waals surface area contributed by atoms with E-state index in [1.54, 1.807) is 0 Å². The number of nitrogens with one attached hydrogen (secondary N) is 1. The summed E-state index contributed by atoms with van der Waals surface area (Å²) < 4.78 is 0. The Bertz CT molecular complexity index is 351. The van der Waals surface area contributed by atoms with E-state index < -0.39 is 0 Å². The molecule has 0 spiro atoms. The zero-order chi connectivity index (χ0) is 12.1. The highest BCUT2D eigenvalue weighted by molar-refractivity contribution is 5.56. The normalized spacial score (nSPS) is 20.4. The Morgan fingerprint density at radius 2 is 2.29 bits per heavy atom. The fraction of sp³-hybridized carbons (Fsp3) is 0.643. The van der Waals surface area contributed by atoms with Crippen LogP contribution in [0.25, 0.3) is 0 Å². The van der Waals surface area contributed by atoms with E-state index in [-0.39, 0.29) is 0 Å². The molecule has 1 atom stereocenters.